The van der Waals surface area contributed by atoms with Gasteiger partial charge in [-0.1, -0.05) is 20.8 Å². The van der Waals surface area contributed by atoms with Crippen molar-refractivity contribution in [3.63, 3.8) is 0 Å². The van der Waals surface area contributed by atoms with E-state index in [0.717, 1.165) is 44.3 Å². The lowest BCUT2D eigenvalue weighted by atomic mass is 9.75. The lowest BCUT2D eigenvalue weighted by Gasteiger charge is -2.38. The Kier molecular flexibility index (Phi) is 8.67. The number of nitrogens with zero attached hydrogens (tertiary/aromatic N) is 1. The zero-order chi connectivity index (χ0) is 15.7. The molecule has 0 aliphatic carbocycles. The van der Waals surface area contributed by atoms with Gasteiger partial charge in [-0.2, -0.15) is 0 Å². The van der Waals surface area contributed by atoms with Gasteiger partial charge in [0.15, 0.2) is 0 Å². The third-order valence-electron chi connectivity index (χ3n) is 4.20. The van der Waals surface area contributed by atoms with Crippen LogP contribution in [0, 0.1) is 11.3 Å². The van der Waals surface area contributed by atoms with Crippen LogP contribution in [-0.2, 0) is 9.53 Å². The highest BCUT2D eigenvalue weighted by Crippen LogP contribution is 2.34. The number of piperidine rings is 1. The van der Waals surface area contributed by atoms with Gasteiger partial charge in [-0.25, -0.2) is 0 Å². The first kappa shape index (κ1) is 18.8. The molecule has 0 aromatic rings. The number of amides is 1. The van der Waals surface area contributed by atoms with Gasteiger partial charge >= 0.3 is 0 Å². The van der Waals surface area contributed by atoms with Crippen LogP contribution in [-0.4, -0.2) is 55.8 Å². The zero-order valence-electron chi connectivity index (χ0n) is 14.1. The van der Waals surface area contributed by atoms with Crippen LogP contribution in [0.1, 0.15) is 40.0 Å². The van der Waals surface area contributed by atoms with E-state index < -0.39 is 0 Å². The second-order valence-corrected chi connectivity index (χ2v) is 7.68. The van der Waals surface area contributed by atoms with E-state index in [1.807, 2.05) is 4.90 Å². The van der Waals surface area contributed by atoms with Crippen molar-refractivity contribution >= 4 is 17.7 Å². The molecule has 0 radical (unpaired) electrons. The summed E-state index contributed by atoms with van der Waals surface area (Å²) in [5.41, 5.74) is 0.363. The van der Waals surface area contributed by atoms with E-state index in [1.54, 1.807) is 11.8 Å². The molecule has 0 saturated carbocycles. The Hall–Kier alpha value is -0.260. The fraction of sp³-hybridized carbons (Fsp3) is 0.938. The van der Waals surface area contributed by atoms with Crippen LogP contribution in [0.3, 0.4) is 0 Å². The standard InChI is InChI=1S/C16H32N2O2S/c1-16(2,3)14-5-9-18(10-6-14)15(19)7-11-20-12-8-17-13-21-4/h14,17H,5-13H2,1-4H3. The normalized spacial score (nSPS) is 17.2. The molecule has 0 spiro atoms. The molecule has 4 nitrogen and oxygen atoms in total. The maximum Gasteiger partial charge on any atom is 0.224 e. The summed E-state index contributed by atoms with van der Waals surface area (Å²) < 4.78 is 5.50. The molecular weight excluding hydrogens is 284 g/mol. The number of likely N-dealkylation sites (tertiary alicyclic amines) is 1. The maximum atomic E-state index is 12.1. The molecular formula is C16H32N2O2S. The van der Waals surface area contributed by atoms with Gasteiger partial charge in [-0.3, -0.25) is 4.79 Å². The molecule has 124 valence electrons. The fourth-order valence-corrected chi connectivity index (χ4v) is 3.08. The van der Waals surface area contributed by atoms with Crippen LogP contribution in [0.25, 0.3) is 0 Å². The molecule has 1 N–H and O–H groups in total. The predicted octanol–water partition coefficient (Wildman–Crippen LogP) is 2.59. The second kappa shape index (κ2) is 9.70. The number of hydrogen-bond acceptors (Lipinski definition) is 4. The monoisotopic (exact) mass is 316 g/mol. The number of carbonyl (C=O) groups is 1. The number of thioether (sulfide) groups is 1. The van der Waals surface area contributed by atoms with Crippen LogP contribution in [0.15, 0.2) is 0 Å². The van der Waals surface area contributed by atoms with Crippen molar-refractivity contribution in [2.75, 3.05) is 45.0 Å². The Morgan fingerprint density at radius 2 is 1.95 bits per heavy atom. The smallest absolute Gasteiger partial charge is 0.224 e. The van der Waals surface area contributed by atoms with Gasteiger partial charge < -0.3 is 15.0 Å². The number of carbonyl (C=O) groups excluding carboxylic acids is 1. The minimum atomic E-state index is 0.249. The summed E-state index contributed by atoms with van der Waals surface area (Å²) in [6.07, 6.45) is 4.85. The van der Waals surface area contributed by atoms with E-state index in [4.69, 9.17) is 4.74 Å². The first-order valence-electron chi connectivity index (χ1n) is 8.00. The second-order valence-electron chi connectivity index (χ2n) is 6.82. The SMILES string of the molecule is CSCNCCOCCC(=O)N1CCC(C(C)(C)C)CC1. The van der Waals surface area contributed by atoms with Gasteiger partial charge in [0.1, 0.15) is 0 Å². The first-order chi connectivity index (χ1) is 9.95. The van der Waals surface area contributed by atoms with E-state index in [9.17, 15) is 4.79 Å². The Morgan fingerprint density at radius 3 is 2.52 bits per heavy atom. The molecule has 0 aromatic carbocycles. The summed E-state index contributed by atoms with van der Waals surface area (Å²) in [7, 11) is 0. The minimum absolute atomic E-state index is 0.249. The molecule has 5 heteroatoms. The molecule has 21 heavy (non-hydrogen) atoms. The van der Waals surface area contributed by atoms with E-state index >= 15 is 0 Å². The van der Waals surface area contributed by atoms with Crippen LogP contribution >= 0.6 is 11.8 Å². The molecule has 1 saturated heterocycles. The van der Waals surface area contributed by atoms with Gasteiger partial charge in [0, 0.05) is 25.5 Å². The minimum Gasteiger partial charge on any atom is -0.380 e. The molecule has 1 heterocycles. The van der Waals surface area contributed by atoms with Crippen LogP contribution in [0.2, 0.25) is 0 Å². The van der Waals surface area contributed by atoms with Gasteiger partial charge in [0.2, 0.25) is 5.91 Å². The first-order valence-corrected chi connectivity index (χ1v) is 9.39. The average Bonchev–Trinajstić information content (AvgIpc) is 2.45. The third-order valence-corrected chi connectivity index (χ3v) is 4.70. The summed E-state index contributed by atoms with van der Waals surface area (Å²) in [5, 5.41) is 3.25. The van der Waals surface area contributed by atoms with Gasteiger partial charge in [-0.15, -0.1) is 11.8 Å². The van der Waals surface area contributed by atoms with Crippen molar-refractivity contribution in [3.8, 4) is 0 Å². The summed E-state index contributed by atoms with van der Waals surface area (Å²) >= 11 is 1.76. The number of hydrogen-bond donors (Lipinski definition) is 1. The molecule has 1 rings (SSSR count). The largest absolute Gasteiger partial charge is 0.380 e. The Labute approximate surface area is 134 Å². The molecule has 1 aliphatic rings. The van der Waals surface area contributed by atoms with Gasteiger partial charge in [0.05, 0.1) is 19.6 Å². The average molecular weight is 317 g/mol. The highest BCUT2D eigenvalue weighted by atomic mass is 32.2. The van der Waals surface area contributed by atoms with Crippen molar-refractivity contribution in [1.29, 1.82) is 0 Å². The van der Waals surface area contributed by atoms with E-state index in [2.05, 4.69) is 32.3 Å². The molecule has 1 aliphatic heterocycles. The van der Waals surface area contributed by atoms with Crippen LogP contribution in [0.4, 0.5) is 0 Å². The maximum absolute atomic E-state index is 12.1. The molecule has 0 aromatic heterocycles. The lowest BCUT2D eigenvalue weighted by Crippen LogP contribution is -2.41. The van der Waals surface area contributed by atoms with Crippen molar-refractivity contribution in [2.24, 2.45) is 11.3 Å². The van der Waals surface area contributed by atoms with Gasteiger partial charge in [0.25, 0.3) is 0 Å². The Balaban J connectivity index is 2.09. The summed E-state index contributed by atoms with van der Waals surface area (Å²) in [6, 6.07) is 0. The molecule has 1 fully saturated rings. The third kappa shape index (κ3) is 7.52. The summed E-state index contributed by atoms with van der Waals surface area (Å²) in [6.45, 7) is 10.8. The summed E-state index contributed by atoms with van der Waals surface area (Å²) in [5.74, 6) is 1.94. The molecule has 1 amide bonds. The van der Waals surface area contributed by atoms with E-state index in [1.165, 1.54) is 0 Å². The fourth-order valence-electron chi connectivity index (χ4n) is 2.73. The van der Waals surface area contributed by atoms with Crippen LogP contribution < -0.4 is 5.32 Å². The Morgan fingerprint density at radius 1 is 1.29 bits per heavy atom. The number of rotatable bonds is 8. The highest BCUT2D eigenvalue weighted by Gasteiger charge is 2.30. The van der Waals surface area contributed by atoms with Crippen molar-refractivity contribution < 1.29 is 9.53 Å². The van der Waals surface area contributed by atoms with E-state index in [-0.39, 0.29) is 5.91 Å². The zero-order valence-corrected chi connectivity index (χ0v) is 14.9. The molecule has 0 bridgehead atoms. The molecule has 0 unspecified atom stereocenters. The quantitative estimate of drug-likeness (QED) is 0.552. The van der Waals surface area contributed by atoms with Crippen LogP contribution in [0.5, 0.6) is 0 Å². The van der Waals surface area contributed by atoms with E-state index in [0.29, 0.717) is 25.0 Å². The Bertz CT molecular complexity index is 297. The topological polar surface area (TPSA) is 41.6 Å². The number of ether oxygens (including phenoxy) is 1. The number of nitrogens with one attached hydrogen (secondary N) is 1. The predicted molar refractivity (Wildman–Crippen MR) is 90.6 cm³/mol. The van der Waals surface area contributed by atoms with Gasteiger partial charge in [-0.05, 0) is 30.4 Å². The highest BCUT2D eigenvalue weighted by molar-refractivity contribution is 7.98. The van der Waals surface area contributed by atoms with Crippen molar-refractivity contribution in [1.82, 2.24) is 10.2 Å². The van der Waals surface area contributed by atoms with Crippen molar-refractivity contribution in [3.05, 3.63) is 0 Å². The lowest BCUT2D eigenvalue weighted by molar-refractivity contribution is -0.134. The summed E-state index contributed by atoms with van der Waals surface area (Å²) in [4.78, 5) is 14.1. The molecule has 0 atom stereocenters. The van der Waals surface area contributed by atoms with Crippen molar-refractivity contribution in [2.45, 2.75) is 40.0 Å².